The lowest BCUT2D eigenvalue weighted by Crippen LogP contribution is -2.19. The van der Waals surface area contributed by atoms with E-state index in [0.717, 1.165) is 5.75 Å². The Hall–Kier alpha value is -1.51. The fraction of sp³-hybridized carbons (Fsp3) is 0.368. The zero-order valence-corrected chi connectivity index (χ0v) is 13.6. The normalized spacial score (nSPS) is 16.0. The molecule has 118 valence electrons. The first-order valence-electron chi connectivity index (χ1n) is 7.85. The summed E-state index contributed by atoms with van der Waals surface area (Å²) >= 11 is 0. The highest BCUT2D eigenvalue weighted by atomic mass is 35.5. The lowest BCUT2D eigenvalue weighted by Gasteiger charge is -2.20. The van der Waals surface area contributed by atoms with Crippen molar-refractivity contribution in [1.82, 2.24) is 0 Å². The molecule has 2 aromatic rings. The van der Waals surface area contributed by atoms with Gasteiger partial charge in [0, 0.05) is 6.04 Å². The summed E-state index contributed by atoms with van der Waals surface area (Å²) in [6, 6.07) is 18.7. The van der Waals surface area contributed by atoms with E-state index in [0.29, 0.717) is 12.5 Å². The van der Waals surface area contributed by atoms with Crippen molar-refractivity contribution in [3.8, 4) is 5.75 Å². The molecule has 0 bridgehead atoms. The van der Waals surface area contributed by atoms with E-state index in [9.17, 15) is 0 Å². The predicted molar refractivity (Wildman–Crippen MR) is 93.4 cm³/mol. The molecule has 1 saturated carbocycles. The molecule has 1 aliphatic carbocycles. The Labute approximate surface area is 139 Å². The van der Waals surface area contributed by atoms with Crippen LogP contribution in [0.25, 0.3) is 0 Å². The molecule has 0 aromatic heterocycles. The Bertz CT molecular complexity index is 567. The monoisotopic (exact) mass is 317 g/mol. The van der Waals surface area contributed by atoms with Gasteiger partial charge in [-0.15, -0.1) is 12.4 Å². The molecule has 1 fully saturated rings. The lowest BCUT2D eigenvalue weighted by molar-refractivity contribution is 0.305. The molecule has 0 spiro atoms. The SMILES string of the molecule is Cl.N[C@H](c1cccc(OCc2ccccc2)c1)C1CCCC1. The Kier molecular flexibility index (Phi) is 6.29. The van der Waals surface area contributed by atoms with E-state index >= 15 is 0 Å². The van der Waals surface area contributed by atoms with E-state index in [2.05, 4.69) is 24.3 Å². The predicted octanol–water partition coefficient (Wildman–Crippen LogP) is 4.88. The number of rotatable bonds is 5. The van der Waals surface area contributed by atoms with Crippen molar-refractivity contribution in [2.45, 2.75) is 38.3 Å². The van der Waals surface area contributed by atoms with Crippen LogP contribution in [0.5, 0.6) is 5.75 Å². The molecule has 0 saturated heterocycles. The molecular weight excluding hydrogens is 294 g/mol. The minimum absolute atomic E-state index is 0. The summed E-state index contributed by atoms with van der Waals surface area (Å²) in [5.74, 6) is 1.54. The molecular formula is C19H24ClNO. The van der Waals surface area contributed by atoms with E-state index in [-0.39, 0.29) is 18.4 Å². The van der Waals surface area contributed by atoms with E-state index in [1.54, 1.807) is 0 Å². The summed E-state index contributed by atoms with van der Waals surface area (Å²) in [5.41, 5.74) is 8.81. The van der Waals surface area contributed by atoms with Crippen LogP contribution in [0.15, 0.2) is 54.6 Å². The van der Waals surface area contributed by atoms with Gasteiger partial charge >= 0.3 is 0 Å². The smallest absolute Gasteiger partial charge is 0.120 e. The molecule has 0 amide bonds. The molecule has 0 heterocycles. The molecule has 2 nitrogen and oxygen atoms in total. The van der Waals surface area contributed by atoms with Gasteiger partial charge in [-0.1, -0.05) is 55.3 Å². The van der Waals surface area contributed by atoms with Crippen LogP contribution in [0.4, 0.5) is 0 Å². The Morgan fingerprint density at radius 1 is 1.00 bits per heavy atom. The second-order valence-corrected chi connectivity index (χ2v) is 5.92. The third-order valence-corrected chi connectivity index (χ3v) is 4.40. The summed E-state index contributed by atoms with van der Waals surface area (Å²) < 4.78 is 5.89. The molecule has 1 aliphatic rings. The van der Waals surface area contributed by atoms with Crippen LogP contribution in [0.2, 0.25) is 0 Å². The maximum atomic E-state index is 6.42. The largest absolute Gasteiger partial charge is 0.489 e. The van der Waals surface area contributed by atoms with Gasteiger partial charge in [0.05, 0.1) is 0 Å². The van der Waals surface area contributed by atoms with Crippen molar-refractivity contribution < 1.29 is 4.74 Å². The number of hydrogen-bond acceptors (Lipinski definition) is 2. The minimum Gasteiger partial charge on any atom is -0.489 e. The van der Waals surface area contributed by atoms with Gasteiger partial charge in [-0.3, -0.25) is 0 Å². The molecule has 3 heteroatoms. The van der Waals surface area contributed by atoms with Crippen LogP contribution < -0.4 is 10.5 Å². The van der Waals surface area contributed by atoms with Crippen LogP contribution in [0.1, 0.15) is 42.9 Å². The summed E-state index contributed by atoms with van der Waals surface area (Å²) in [6.45, 7) is 0.600. The number of nitrogens with two attached hydrogens (primary N) is 1. The van der Waals surface area contributed by atoms with Crippen molar-refractivity contribution in [2.75, 3.05) is 0 Å². The molecule has 2 aromatic carbocycles. The van der Waals surface area contributed by atoms with E-state index in [1.165, 1.54) is 36.8 Å². The number of ether oxygens (including phenoxy) is 1. The van der Waals surface area contributed by atoms with Gasteiger partial charge in [-0.25, -0.2) is 0 Å². The lowest BCUT2D eigenvalue weighted by atomic mass is 9.92. The Morgan fingerprint density at radius 3 is 2.45 bits per heavy atom. The number of hydrogen-bond donors (Lipinski definition) is 1. The maximum absolute atomic E-state index is 6.42. The van der Waals surface area contributed by atoms with Crippen molar-refractivity contribution in [3.05, 3.63) is 65.7 Å². The molecule has 0 radical (unpaired) electrons. The van der Waals surface area contributed by atoms with Gasteiger partial charge in [0.2, 0.25) is 0 Å². The zero-order valence-electron chi connectivity index (χ0n) is 12.8. The zero-order chi connectivity index (χ0) is 14.5. The number of benzene rings is 2. The number of halogens is 1. The minimum atomic E-state index is 0. The summed E-state index contributed by atoms with van der Waals surface area (Å²) in [7, 11) is 0. The van der Waals surface area contributed by atoms with Crippen molar-refractivity contribution in [3.63, 3.8) is 0 Å². The van der Waals surface area contributed by atoms with Crippen LogP contribution in [-0.4, -0.2) is 0 Å². The van der Waals surface area contributed by atoms with Gasteiger partial charge < -0.3 is 10.5 Å². The van der Waals surface area contributed by atoms with Crippen molar-refractivity contribution in [2.24, 2.45) is 11.7 Å². The molecule has 3 rings (SSSR count). The first-order valence-corrected chi connectivity index (χ1v) is 7.85. The van der Waals surface area contributed by atoms with Gasteiger partial charge in [0.1, 0.15) is 12.4 Å². The average molecular weight is 318 g/mol. The first kappa shape index (κ1) is 16.9. The average Bonchev–Trinajstić information content (AvgIpc) is 3.08. The second-order valence-electron chi connectivity index (χ2n) is 5.92. The van der Waals surface area contributed by atoms with Crippen LogP contribution >= 0.6 is 12.4 Å². The summed E-state index contributed by atoms with van der Waals surface area (Å²) in [4.78, 5) is 0. The Balaban J connectivity index is 0.00000176. The standard InChI is InChI=1S/C19H23NO.ClH/c20-19(16-9-4-5-10-16)17-11-6-12-18(13-17)21-14-15-7-2-1-3-8-15;/h1-3,6-8,11-13,16,19H,4-5,9-10,14,20H2;1H/t19-;/m0./s1. The molecule has 0 aliphatic heterocycles. The topological polar surface area (TPSA) is 35.2 Å². The quantitative estimate of drug-likeness (QED) is 0.853. The summed E-state index contributed by atoms with van der Waals surface area (Å²) in [6.07, 6.45) is 5.16. The highest BCUT2D eigenvalue weighted by Crippen LogP contribution is 2.35. The van der Waals surface area contributed by atoms with Crippen molar-refractivity contribution in [1.29, 1.82) is 0 Å². The van der Waals surface area contributed by atoms with Crippen LogP contribution in [0.3, 0.4) is 0 Å². The third kappa shape index (κ3) is 4.25. The maximum Gasteiger partial charge on any atom is 0.120 e. The Morgan fingerprint density at radius 2 is 1.73 bits per heavy atom. The molecule has 22 heavy (non-hydrogen) atoms. The molecule has 2 N–H and O–H groups in total. The van der Waals surface area contributed by atoms with E-state index in [1.807, 2.05) is 30.3 Å². The van der Waals surface area contributed by atoms with Gasteiger partial charge in [0.25, 0.3) is 0 Å². The molecule has 1 atom stereocenters. The van der Waals surface area contributed by atoms with E-state index < -0.39 is 0 Å². The van der Waals surface area contributed by atoms with Gasteiger partial charge in [0.15, 0.2) is 0 Å². The summed E-state index contributed by atoms with van der Waals surface area (Å²) in [5, 5.41) is 0. The fourth-order valence-electron chi connectivity index (χ4n) is 3.14. The van der Waals surface area contributed by atoms with Gasteiger partial charge in [-0.05, 0) is 42.0 Å². The second kappa shape index (κ2) is 8.21. The van der Waals surface area contributed by atoms with Crippen LogP contribution in [-0.2, 0) is 6.61 Å². The fourth-order valence-corrected chi connectivity index (χ4v) is 3.14. The first-order chi connectivity index (χ1) is 10.3. The van der Waals surface area contributed by atoms with E-state index in [4.69, 9.17) is 10.5 Å². The van der Waals surface area contributed by atoms with Crippen LogP contribution in [0, 0.1) is 5.92 Å². The molecule has 0 unspecified atom stereocenters. The highest BCUT2D eigenvalue weighted by molar-refractivity contribution is 5.85. The van der Waals surface area contributed by atoms with Crippen molar-refractivity contribution >= 4 is 12.4 Å². The van der Waals surface area contributed by atoms with Gasteiger partial charge in [-0.2, -0.15) is 0 Å². The highest BCUT2D eigenvalue weighted by Gasteiger charge is 2.23. The third-order valence-electron chi connectivity index (χ3n) is 4.40.